The Bertz CT molecular complexity index is 529. The van der Waals surface area contributed by atoms with E-state index < -0.39 is 0 Å². The topological polar surface area (TPSA) is 35.2 Å². The average Bonchev–Trinajstić information content (AvgIpc) is 2.39. The molecule has 0 heterocycles. The second-order valence-corrected chi connectivity index (χ2v) is 3.80. The van der Waals surface area contributed by atoms with Crippen molar-refractivity contribution in [3.05, 3.63) is 66.2 Å². The molecule has 0 aliphatic heterocycles. The van der Waals surface area contributed by atoms with E-state index >= 15 is 0 Å². The normalized spacial score (nSPS) is 9.94. The maximum Gasteiger partial charge on any atom is 0.126 e. The van der Waals surface area contributed by atoms with E-state index in [1.807, 2.05) is 48.5 Å². The minimum Gasteiger partial charge on any atom is -0.496 e. The van der Waals surface area contributed by atoms with Crippen LogP contribution < -0.4 is 10.5 Å². The van der Waals surface area contributed by atoms with E-state index in [4.69, 9.17) is 10.5 Å². The Hall–Kier alpha value is -2.22. The molecule has 0 atom stereocenters. The molecular weight excluding hydrogens is 210 g/mol. The highest BCUT2D eigenvalue weighted by Gasteiger charge is 2.07. The number of nitrogens with two attached hydrogens (primary N) is 1. The van der Waals surface area contributed by atoms with Crippen LogP contribution in [0.15, 0.2) is 55.1 Å². The van der Waals surface area contributed by atoms with Crippen molar-refractivity contribution in [3.63, 3.8) is 0 Å². The number of hydrogen-bond donors (Lipinski definition) is 1. The zero-order valence-corrected chi connectivity index (χ0v) is 9.81. The van der Waals surface area contributed by atoms with Crippen molar-refractivity contribution >= 4 is 11.3 Å². The van der Waals surface area contributed by atoms with Crippen molar-refractivity contribution in [1.82, 2.24) is 0 Å². The summed E-state index contributed by atoms with van der Waals surface area (Å²) in [5, 5.41) is 0. The molecule has 2 aromatic rings. The van der Waals surface area contributed by atoms with Gasteiger partial charge in [-0.2, -0.15) is 0 Å². The number of nitrogen functional groups attached to an aromatic ring is 1. The van der Waals surface area contributed by atoms with Crippen molar-refractivity contribution in [1.29, 1.82) is 0 Å². The van der Waals surface area contributed by atoms with Gasteiger partial charge in [0.25, 0.3) is 0 Å². The second kappa shape index (κ2) is 4.74. The first-order valence-electron chi connectivity index (χ1n) is 5.40. The lowest BCUT2D eigenvalue weighted by Crippen LogP contribution is -1.92. The molecule has 0 aromatic heterocycles. The summed E-state index contributed by atoms with van der Waals surface area (Å²) in [5.41, 5.74) is 9.40. The van der Waals surface area contributed by atoms with Crippen molar-refractivity contribution in [2.75, 3.05) is 12.8 Å². The molecular formula is C15H15NO. The van der Waals surface area contributed by atoms with Gasteiger partial charge in [-0.1, -0.05) is 36.9 Å². The first-order valence-corrected chi connectivity index (χ1v) is 5.40. The van der Waals surface area contributed by atoms with Gasteiger partial charge in [-0.25, -0.2) is 0 Å². The van der Waals surface area contributed by atoms with Crippen LogP contribution in [-0.2, 0) is 0 Å². The molecule has 0 bridgehead atoms. The molecule has 0 radical (unpaired) electrons. The first-order chi connectivity index (χ1) is 8.22. The number of anilines is 1. The minimum atomic E-state index is 0.751. The molecule has 0 saturated heterocycles. The molecule has 0 aliphatic carbocycles. The third kappa shape index (κ3) is 2.31. The monoisotopic (exact) mass is 225 g/mol. The largest absolute Gasteiger partial charge is 0.496 e. The highest BCUT2D eigenvalue weighted by molar-refractivity contribution is 5.81. The lowest BCUT2D eigenvalue weighted by molar-refractivity contribution is 0.413. The zero-order valence-electron chi connectivity index (χ0n) is 9.81. The molecule has 2 nitrogen and oxygen atoms in total. The highest BCUT2D eigenvalue weighted by Crippen LogP contribution is 2.29. The van der Waals surface area contributed by atoms with Gasteiger partial charge in [0.05, 0.1) is 7.11 Å². The van der Waals surface area contributed by atoms with Gasteiger partial charge in [-0.05, 0) is 29.3 Å². The van der Waals surface area contributed by atoms with Crippen LogP contribution in [0, 0.1) is 0 Å². The lowest BCUT2D eigenvalue weighted by Gasteiger charge is -2.11. The molecule has 2 N–H and O–H groups in total. The number of benzene rings is 2. The van der Waals surface area contributed by atoms with E-state index in [1.54, 1.807) is 7.11 Å². The highest BCUT2D eigenvalue weighted by atomic mass is 16.5. The summed E-state index contributed by atoms with van der Waals surface area (Å²) in [6.45, 7) is 4.11. The van der Waals surface area contributed by atoms with Crippen LogP contribution in [0.4, 0.5) is 5.69 Å². The van der Waals surface area contributed by atoms with Crippen LogP contribution in [0.1, 0.15) is 11.1 Å². The fraction of sp³-hybridized carbons (Fsp3) is 0.0667. The van der Waals surface area contributed by atoms with Crippen LogP contribution in [0.2, 0.25) is 0 Å². The van der Waals surface area contributed by atoms with E-state index in [-0.39, 0.29) is 0 Å². The second-order valence-electron chi connectivity index (χ2n) is 3.80. The van der Waals surface area contributed by atoms with E-state index in [0.717, 1.165) is 28.1 Å². The fourth-order valence-corrected chi connectivity index (χ4v) is 1.73. The Labute approximate surface area is 101 Å². The van der Waals surface area contributed by atoms with Gasteiger partial charge in [0.1, 0.15) is 5.75 Å². The maximum atomic E-state index is 5.67. The third-order valence-electron chi connectivity index (χ3n) is 2.69. The van der Waals surface area contributed by atoms with Crippen molar-refractivity contribution in [2.24, 2.45) is 0 Å². The van der Waals surface area contributed by atoms with Crippen molar-refractivity contribution in [3.8, 4) is 5.75 Å². The maximum absolute atomic E-state index is 5.67. The summed E-state index contributed by atoms with van der Waals surface area (Å²) >= 11 is 0. The third-order valence-corrected chi connectivity index (χ3v) is 2.69. The number of hydrogen-bond acceptors (Lipinski definition) is 2. The zero-order chi connectivity index (χ0) is 12.3. The Balaban J connectivity index is 2.40. The first kappa shape index (κ1) is 11.3. The molecule has 2 heteroatoms. The quantitative estimate of drug-likeness (QED) is 0.813. The van der Waals surface area contributed by atoms with E-state index in [0.29, 0.717) is 0 Å². The number of rotatable bonds is 3. The van der Waals surface area contributed by atoms with Gasteiger partial charge < -0.3 is 10.5 Å². The van der Waals surface area contributed by atoms with Gasteiger partial charge in [-0.3, -0.25) is 0 Å². The van der Waals surface area contributed by atoms with Crippen molar-refractivity contribution < 1.29 is 4.74 Å². The van der Waals surface area contributed by atoms with Gasteiger partial charge in [-0.15, -0.1) is 0 Å². The molecule has 0 saturated carbocycles. The standard InChI is InChI=1S/C15H15NO/c1-11(12-7-9-13(16)10-8-12)14-5-3-4-6-15(14)17-2/h3-10H,1,16H2,2H3. The molecule has 0 fully saturated rings. The molecule has 0 spiro atoms. The van der Waals surface area contributed by atoms with Crippen LogP contribution in [-0.4, -0.2) is 7.11 Å². The predicted molar refractivity (Wildman–Crippen MR) is 72.0 cm³/mol. The Morgan fingerprint density at radius 3 is 2.35 bits per heavy atom. The van der Waals surface area contributed by atoms with Crippen LogP contribution >= 0.6 is 0 Å². The predicted octanol–water partition coefficient (Wildman–Crippen LogP) is 3.34. The Kier molecular flexibility index (Phi) is 3.15. The molecule has 2 aromatic carbocycles. The molecule has 86 valence electrons. The summed E-state index contributed by atoms with van der Waals surface area (Å²) in [5.74, 6) is 0.828. The van der Waals surface area contributed by atoms with Crippen molar-refractivity contribution in [2.45, 2.75) is 0 Å². The summed E-state index contributed by atoms with van der Waals surface area (Å²) in [6, 6.07) is 15.5. The van der Waals surface area contributed by atoms with Crippen LogP contribution in [0.3, 0.4) is 0 Å². The van der Waals surface area contributed by atoms with Gasteiger partial charge in [0, 0.05) is 11.3 Å². The van der Waals surface area contributed by atoms with E-state index in [1.165, 1.54) is 0 Å². The lowest BCUT2D eigenvalue weighted by atomic mass is 9.98. The Morgan fingerprint density at radius 1 is 1.06 bits per heavy atom. The molecule has 17 heavy (non-hydrogen) atoms. The summed E-state index contributed by atoms with van der Waals surface area (Å²) in [4.78, 5) is 0. The smallest absolute Gasteiger partial charge is 0.126 e. The van der Waals surface area contributed by atoms with E-state index in [9.17, 15) is 0 Å². The molecule has 0 aliphatic rings. The number of para-hydroxylation sites is 1. The van der Waals surface area contributed by atoms with Crippen LogP contribution in [0.25, 0.3) is 5.57 Å². The van der Waals surface area contributed by atoms with Gasteiger partial charge in [0.15, 0.2) is 0 Å². The Morgan fingerprint density at radius 2 is 1.71 bits per heavy atom. The minimum absolute atomic E-state index is 0.751. The number of ether oxygens (including phenoxy) is 1. The molecule has 0 amide bonds. The molecule has 2 rings (SSSR count). The summed E-state index contributed by atoms with van der Waals surface area (Å²) in [6.07, 6.45) is 0. The SMILES string of the molecule is C=C(c1ccc(N)cc1)c1ccccc1OC. The van der Waals surface area contributed by atoms with Crippen LogP contribution in [0.5, 0.6) is 5.75 Å². The van der Waals surface area contributed by atoms with Gasteiger partial charge >= 0.3 is 0 Å². The molecule has 0 unspecified atom stereocenters. The van der Waals surface area contributed by atoms with Gasteiger partial charge in [0.2, 0.25) is 0 Å². The number of methoxy groups -OCH3 is 1. The summed E-state index contributed by atoms with van der Waals surface area (Å²) < 4.78 is 5.33. The summed E-state index contributed by atoms with van der Waals surface area (Å²) in [7, 11) is 1.66. The average molecular weight is 225 g/mol. The van der Waals surface area contributed by atoms with E-state index in [2.05, 4.69) is 6.58 Å². The fourth-order valence-electron chi connectivity index (χ4n) is 1.73.